The summed E-state index contributed by atoms with van der Waals surface area (Å²) in [6, 6.07) is 3.79. The Morgan fingerprint density at radius 1 is 1.43 bits per heavy atom. The van der Waals surface area contributed by atoms with Gasteiger partial charge in [0.05, 0.1) is 6.10 Å². The van der Waals surface area contributed by atoms with Gasteiger partial charge >= 0.3 is 0 Å². The van der Waals surface area contributed by atoms with E-state index in [0.717, 1.165) is 24.5 Å². The average Bonchev–Trinajstić information content (AvgIpc) is 2.20. The van der Waals surface area contributed by atoms with Crippen molar-refractivity contribution in [1.82, 2.24) is 4.98 Å². The Bertz CT molecular complexity index is 282. The number of nitrogens with zero attached hydrogens (tertiary/aromatic N) is 2. The van der Waals surface area contributed by atoms with Gasteiger partial charge in [0.1, 0.15) is 5.82 Å². The molecule has 1 rings (SSSR count). The molecule has 78 valence electrons. The third kappa shape index (κ3) is 2.45. The molecule has 1 heterocycles. The van der Waals surface area contributed by atoms with Crippen molar-refractivity contribution in [2.75, 3.05) is 18.0 Å². The molecule has 0 spiro atoms. The third-order valence-electron chi connectivity index (χ3n) is 2.34. The van der Waals surface area contributed by atoms with Crippen molar-refractivity contribution in [3.63, 3.8) is 0 Å². The zero-order chi connectivity index (χ0) is 10.6. The van der Waals surface area contributed by atoms with Crippen LogP contribution in [-0.4, -0.2) is 23.2 Å². The second-order valence-electron chi connectivity index (χ2n) is 3.30. The van der Waals surface area contributed by atoms with Gasteiger partial charge in [-0.05, 0) is 38.5 Å². The topological polar surface area (TPSA) is 36.4 Å². The molecule has 0 saturated carbocycles. The smallest absolute Gasteiger partial charge is 0.128 e. The third-order valence-corrected chi connectivity index (χ3v) is 2.34. The van der Waals surface area contributed by atoms with E-state index in [4.69, 9.17) is 0 Å². The molecule has 3 nitrogen and oxygen atoms in total. The summed E-state index contributed by atoms with van der Waals surface area (Å²) in [6.45, 7) is 7.83. The number of aliphatic hydroxyl groups excluding tert-OH is 1. The molecule has 1 aromatic heterocycles. The van der Waals surface area contributed by atoms with E-state index in [1.807, 2.05) is 12.1 Å². The first-order chi connectivity index (χ1) is 6.69. The largest absolute Gasteiger partial charge is 0.389 e. The van der Waals surface area contributed by atoms with Gasteiger partial charge in [-0.15, -0.1) is 0 Å². The van der Waals surface area contributed by atoms with Crippen molar-refractivity contribution in [1.29, 1.82) is 0 Å². The molecule has 0 radical (unpaired) electrons. The maximum atomic E-state index is 9.43. The van der Waals surface area contributed by atoms with Crippen molar-refractivity contribution in [3.8, 4) is 0 Å². The van der Waals surface area contributed by atoms with Gasteiger partial charge in [-0.25, -0.2) is 4.98 Å². The molecule has 1 N–H and O–H groups in total. The predicted octanol–water partition coefficient (Wildman–Crippen LogP) is 1.98. The minimum absolute atomic E-state index is 0.424. The number of pyridine rings is 1. The van der Waals surface area contributed by atoms with Crippen molar-refractivity contribution in [3.05, 3.63) is 23.9 Å². The number of aromatic nitrogens is 1. The van der Waals surface area contributed by atoms with Crippen LogP contribution in [0.4, 0.5) is 5.82 Å². The molecule has 0 aromatic carbocycles. The molecule has 0 fully saturated rings. The molecule has 1 atom stereocenters. The van der Waals surface area contributed by atoms with Crippen molar-refractivity contribution < 1.29 is 5.11 Å². The van der Waals surface area contributed by atoms with Crippen molar-refractivity contribution in [2.45, 2.75) is 26.9 Å². The second-order valence-corrected chi connectivity index (χ2v) is 3.30. The minimum atomic E-state index is -0.424. The Balaban J connectivity index is 2.92. The molecular formula is C11H18N2O. The Hall–Kier alpha value is -1.09. The van der Waals surface area contributed by atoms with Gasteiger partial charge in [-0.3, -0.25) is 0 Å². The quantitative estimate of drug-likeness (QED) is 0.796. The Morgan fingerprint density at radius 3 is 2.57 bits per heavy atom. The van der Waals surface area contributed by atoms with E-state index in [1.165, 1.54) is 0 Å². The van der Waals surface area contributed by atoms with Crippen LogP contribution in [-0.2, 0) is 0 Å². The standard InChI is InChI=1S/C11H18N2O/c1-4-13(5-2)11-8-10(9(3)14)6-7-12-11/h6-9,14H,4-5H2,1-3H3. The van der Waals surface area contributed by atoms with Crippen LogP contribution in [0.5, 0.6) is 0 Å². The number of rotatable bonds is 4. The molecule has 0 saturated heterocycles. The highest BCUT2D eigenvalue weighted by Gasteiger charge is 2.06. The fraction of sp³-hybridized carbons (Fsp3) is 0.545. The van der Waals surface area contributed by atoms with Crippen LogP contribution >= 0.6 is 0 Å². The van der Waals surface area contributed by atoms with Gasteiger partial charge in [0.2, 0.25) is 0 Å². The van der Waals surface area contributed by atoms with E-state index in [0.29, 0.717) is 0 Å². The highest BCUT2D eigenvalue weighted by atomic mass is 16.3. The summed E-state index contributed by atoms with van der Waals surface area (Å²) >= 11 is 0. The van der Waals surface area contributed by atoms with Crippen LogP contribution in [0.15, 0.2) is 18.3 Å². The van der Waals surface area contributed by atoms with Crippen molar-refractivity contribution in [2.24, 2.45) is 0 Å². The van der Waals surface area contributed by atoms with E-state index < -0.39 is 6.10 Å². The molecular weight excluding hydrogens is 176 g/mol. The molecule has 0 aliphatic carbocycles. The summed E-state index contributed by atoms with van der Waals surface area (Å²) < 4.78 is 0. The molecule has 0 bridgehead atoms. The highest BCUT2D eigenvalue weighted by Crippen LogP contribution is 2.17. The molecule has 1 unspecified atom stereocenters. The van der Waals surface area contributed by atoms with Gasteiger partial charge in [-0.1, -0.05) is 0 Å². The summed E-state index contributed by atoms with van der Waals surface area (Å²) in [6.07, 6.45) is 1.32. The Kier molecular flexibility index (Phi) is 3.89. The Morgan fingerprint density at radius 2 is 2.07 bits per heavy atom. The number of hydrogen-bond donors (Lipinski definition) is 1. The summed E-state index contributed by atoms with van der Waals surface area (Å²) in [5.74, 6) is 0.938. The van der Waals surface area contributed by atoms with Gasteiger partial charge in [0, 0.05) is 19.3 Å². The van der Waals surface area contributed by atoms with Crippen molar-refractivity contribution >= 4 is 5.82 Å². The summed E-state index contributed by atoms with van der Waals surface area (Å²) in [4.78, 5) is 6.44. The number of anilines is 1. The normalized spacial score (nSPS) is 12.6. The monoisotopic (exact) mass is 194 g/mol. The van der Waals surface area contributed by atoms with Crippen LogP contribution < -0.4 is 4.90 Å². The lowest BCUT2D eigenvalue weighted by molar-refractivity contribution is 0.199. The second kappa shape index (κ2) is 4.96. The average molecular weight is 194 g/mol. The molecule has 14 heavy (non-hydrogen) atoms. The molecule has 0 amide bonds. The fourth-order valence-electron chi connectivity index (χ4n) is 1.41. The van der Waals surface area contributed by atoms with E-state index in [9.17, 15) is 5.11 Å². The van der Waals surface area contributed by atoms with E-state index in [-0.39, 0.29) is 0 Å². The first-order valence-electron chi connectivity index (χ1n) is 5.08. The lowest BCUT2D eigenvalue weighted by Gasteiger charge is -2.20. The van der Waals surface area contributed by atoms with Crippen LogP contribution in [0.1, 0.15) is 32.4 Å². The minimum Gasteiger partial charge on any atom is -0.389 e. The van der Waals surface area contributed by atoms with E-state index in [1.54, 1.807) is 13.1 Å². The summed E-state index contributed by atoms with van der Waals surface area (Å²) in [5, 5.41) is 9.43. The summed E-state index contributed by atoms with van der Waals surface area (Å²) in [5.41, 5.74) is 0.918. The maximum Gasteiger partial charge on any atom is 0.128 e. The lowest BCUT2D eigenvalue weighted by atomic mass is 10.1. The van der Waals surface area contributed by atoms with E-state index >= 15 is 0 Å². The van der Waals surface area contributed by atoms with Crippen LogP contribution in [0.3, 0.4) is 0 Å². The molecule has 3 heteroatoms. The first-order valence-corrected chi connectivity index (χ1v) is 5.08. The van der Waals surface area contributed by atoms with Gasteiger partial charge in [0.25, 0.3) is 0 Å². The maximum absolute atomic E-state index is 9.43. The zero-order valence-corrected chi connectivity index (χ0v) is 9.07. The lowest BCUT2D eigenvalue weighted by Crippen LogP contribution is -2.23. The number of hydrogen-bond acceptors (Lipinski definition) is 3. The first kappa shape index (κ1) is 11.0. The molecule has 0 aliphatic heterocycles. The van der Waals surface area contributed by atoms with Gasteiger partial charge in [0.15, 0.2) is 0 Å². The molecule has 1 aromatic rings. The van der Waals surface area contributed by atoms with Crippen LogP contribution in [0.2, 0.25) is 0 Å². The SMILES string of the molecule is CCN(CC)c1cc(C(C)O)ccn1. The number of aliphatic hydroxyl groups is 1. The fourth-order valence-corrected chi connectivity index (χ4v) is 1.41. The highest BCUT2D eigenvalue weighted by molar-refractivity contribution is 5.41. The Labute approximate surface area is 85.4 Å². The van der Waals surface area contributed by atoms with Crippen LogP contribution in [0.25, 0.3) is 0 Å². The molecule has 0 aliphatic rings. The van der Waals surface area contributed by atoms with Crippen LogP contribution in [0, 0.1) is 0 Å². The van der Waals surface area contributed by atoms with Gasteiger partial charge < -0.3 is 10.0 Å². The summed E-state index contributed by atoms with van der Waals surface area (Å²) in [7, 11) is 0. The van der Waals surface area contributed by atoms with E-state index in [2.05, 4.69) is 23.7 Å². The predicted molar refractivity (Wildman–Crippen MR) is 58.4 cm³/mol. The zero-order valence-electron chi connectivity index (χ0n) is 9.07. The van der Waals surface area contributed by atoms with Gasteiger partial charge in [-0.2, -0.15) is 0 Å².